The van der Waals surface area contributed by atoms with Crippen LogP contribution in [0.25, 0.3) is 0 Å². The fraction of sp³-hybridized carbons (Fsp3) is 0.154. The van der Waals surface area contributed by atoms with E-state index in [1.807, 2.05) is 12.1 Å². The number of nitrogens with two attached hydrogens (primary N) is 1. The van der Waals surface area contributed by atoms with E-state index >= 15 is 0 Å². The molecule has 17 heavy (non-hydrogen) atoms. The SMILES string of the molecule is Nc1ccc(F)cc1OCCc1ccncc1. The zero-order valence-corrected chi connectivity index (χ0v) is 9.27. The number of nitrogens with zero attached hydrogens (tertiary/aromatic N) is 1. The number of pyridine rings is 1. The van der Waals surface area contributed by atoms with E-state index in [4.69, 9.17) is 10.5 Å². The summed E-state index contributed by atoms with van der Waals surface area (Å²) >= 11 is 0. The van der Waals surface area contributed by atoms with Crippen molar-refractivity contribution in [3.05, 3.63) is 54.1 Å². The number of nitrogen functional groups attached to an aromatic ring is 1. The predicted octanol–water partition coefficient (Wildman–Crippen LogP) is 2.42. The molecule has 1 aromatic heterocycles. The highest BCUT2D eigenvalue weighted by atomic mass is 19.1. The van der Waals surface area contributed by atoms with Gasteiger partial charge in [-0.1, -0.05) is 0 Å². The number of hydrogen-bond acceptors (Lipinski definition) is 3. The first-order chi connectivity index (χ1) is 8.25. The first-order valence-electron chi connectivity index (χ1n) is 5.32. The van der Waals surface area contributed by atoms with Crippen molar-refractivity contribution in [1.82, 2.24) is 4.98 Å². The van der Waals surface area contributed by atoms with E-state index in [2.05, 4.69) is 4.98 Å². The molecule has 0 radical (unpaired) electrons. The van der Waals surface area contributed by atoms with Crippen LogP contribution in [0.3, 0.4) is 0 Å². The Kier molecular flexibility index (Phi) is 3.55. The third kappa shape index (κ3) is 3.17. The van der Waals surface area contributed by atoms with Gasteiger partial charge < -0.3 is 10.5 Å². The van der Waals surface area contributed by atoms with Crippen molar-refractivity contribution in [3.63, 3.8) is 0 Å². The van der Waals surface area contributed by atoms with Gasteiger partial charge in [-0.25, -0.2) is 4.39 Å². The Balaban J connectivity index is 1.92. The average molecular weight is 232 g/mol. The van der Waals surface area contributed by atoms with Crippen LogP contribution in [0, 0.1) is 5.82 Å². The first-order valence-corrected chi connectivity index (χ1v) is 5.32. The van der Waals surface area contributed by atoms with Crippen molar-refractivity contribution < 1.29 is 9.13 Å². The van der Waals surface area contributed by atoms with Gasteiger partial charge >= 0.3 is 0 Å². The lowest BCUT2D eigenvalue weighted by molar-refractivity contribution is 0.322. The molecule has 2 aromatic rings. The topological polar surface area (TPSA) is 48.1 Å². The summed E-state index contributed by atoms with van der Waals surface area (Å²) in [6.07, 6.45) is 4.19. The Labute approximate surface area is 99.1 Å². The molecule has 0 aliphatic heterocycles. The van der Waals surface area contributed by atoms with Crippen molar-refractivity contribution >= 4 is 5.69 Å². The summed E-state index contributed by atoms with van der Waals surface area (Å²) in [5.41, 5.74) is 7.23. The summed E-state index contributed by atoms with van der Waals surface area (Å²) in [6.45, 7) is 0.456. The van der Waals surface area contributed by atoms with Crippen LogP contribution < -0.4 is 10.5 Å². The lowest BCUT2D eigenvalue weighted by Crippen LogP contribution is -2.03. The highest BCUT2D eigenvalue weighted by Gasteiger charge is 2.02. The molecule has 4 heteroatoms. The molecule has 0 bridgehead atoms. The van der Waals surface area contributed by atoms with Gasteiger partial charge in [0, 0.05) is 24.9 Å². The van der Waals surface area contributed by atoms with Crippen molar-refractivity contribution in [2.75, 3.05) is 12.3 Å². The second-order valence-electron chi connectivity index (χ2n) is 3.64. The molecule has 2 rings (SSSR count). The summed E-state index contributed by atoms with van der Waals surface area (Å²) in [6, 6.07) is 7.93. The van der Waals surface area contributed by atoms with Crippen LogP contribution in [-0.2, 0) is 6.42 Å². The van der Waals surface area contributed by atoms with Crippen LogP contribution in [0.15, 0.2) is 42.7 Å². The Morgan fingerprint density at radius 3 is 2.71 bits per heavy atom. The van der Waals surface area contributed by atoms with Gasteiger partial charge in [0.15, 0.2) is 0 Å². The van der Waals surface area contributed by atoms with Crippen LogP contribution in [0.5, 0.6) is 5.75 Å². The maximum Gasteiger partial charge on any atom is 0.145 e. The summed E-state index contributed by atoms with van der Waals surface area (Å²) in [5.74, 6) is 0.0390. The van der Waals surface area contributed by atoms with Crippen molar-refractivity contribution in [2.45, 2.75) is 6.42 Å². The fourth-order valence-corrected chi connectivity index (χ4v) is 1.46. The molecule has 0 aliphatic carbocycles. The molecular weight excluding hydrogens is 219 g/mol. The van der Waals surface area contributed by atoms with Crippen LogP contribution >= 0.6 is 0 Å². The minimum atomic E-state index is -0.349. The highest BCUT2D eigenvalue weighted by Crippen LogP contribution is 2.22. The molecule has 0 atom stereocenters. The smallest absolute Gasteiger partial charge is 0.145 e. The molecule has 2 N–H and O–H groups in total. The Hall–Kier alpha value is -2.10. The van der Waals surface area contributed by atoms with Crippen LogP contribution in [0.1, 0.15) is 5.56 Å². The maximum absolute atomic E-state index is 13.0. The molecule has 0 unspecified atom stereocenters. The number of rotatable bonds is 4. The maximum atomic E-state index is 13.0. The average Bonchev–Trinajstić information content (AvgIpc) is 2.35. The Bertz CT molecular complexity index is 488. The summed E-state index contributed by atoms with van der Waals surface area (Å²) in [5, 5.41) is 0. The minimum Gasteiger partial charge on any atom is -0.491 e. The first kappa shape index (κ1) is 11.4. The molecule has 0 amide bonds. The van der Waals surface area contributed by atoms with Crippen LogP contribution in [0.4, 0.5) is 10.1 Å². The van der Waals surface area contributed by atoms with E-state index in [0.29, 0.717) is 18.0 Å². The standard InChI is InChI=1S/C13H13FN2O/c14-11-1-2-12(15)13(9-11)17-8-5-10-3-6-16-7-4-10/h1-4,6-7,9H,5,8,15H2. The lowest BCUT2D eigenvalue weighted by Gasteiger charge is -2.08. The molecule has 3 nitrogen and oxygen atoms in total. The monoisotopic (exact) mass is 232 g/mol. The fourth-order valence-electron chi connectivity index (χ4n) is 1.46. The second-order valence-corrected chi connectivity index (χ2v) is 3.64. The normalized spacial score (nSPS) is 10.2. The van der Waals surface area contributed by atoms with E-state index in [0.717, 1.165) is 12.0 Å². The summed E-state index contributed by atoms with van der Waals surface area (Å²) in [4.78, 5) is 3.93. The third-order valence-electron chi connectivity index (χ3n) is 2.37. The lowest BCUT2D eigenvalue weighted by atomic mass is 10.2. The van der Waals surface area contributed by atoms with Gasteiger partial charge in [0.25, 0.3) is 0 Å². The molecule has 1 heterocycles. The molecule has 1 aromatic carbocycles. The zero-order chi connectivity index (χ0) is 12.1. The quantitative estimate of drug-likeness (QED) is 0.823. The van der Waals surface area contributed by atoms with E-state index in [9.17, 15) is 4.39 Å². The molecular formula is C13H13FN2O. The van der Waals surface area contributed by atoms with Gasteiger partial charge in [-0.15, -0.1) is 0 Å². The van der Waals surface area contributed by atoms with Crippen molar-refractivity contribution in [1.29, 1.82) is 0 Å². The Morgan fingerprint density at radius 1 is 1.18 bits per heavy atom. The van der Waals surface area contributed by atoms with Gasteiger partial charge in [-0.05, 0) is 29.8 Å². The van der Waals surface area contributed by atoms with Gasteiger partial charge in [0.1, 0.15) is 11.6 Å². The number of ether oxygens (including phenoxy) is 1. The number of anilines is 1. The number of hydrogen-bond donors (Lipinski definition) is 1. The largest absolute Gasteiger partial charge is 0.491 e. The van der Waals surface area contributed by atoms with Gasteiger partial charge in [0.05, 0.1) is 12.3 Å². The number of aromatic nitrogens is 1. The molecule has 0 fully saturated rings. The van der Waals surface area contributed by atoms with E-state index in [1.54, 1.807) is 12.4 Å². The highest BCUT2D eigenvalue weighted by molar-refractivity contribution is 5.52. The van der Waals surface area contributed by atoms with E-state index < -0.39 is 0 Å². The second kappa shape index (κ2) is 5.30. The molecule has 0 spiro atoms. The van der Waals surface area contributed by atoms with Crippen molar-refractivity contribution in [2.24, 2.45) is 0 Å². The minimum absolute atomic E-state index is 0.349. The molecule has 88 valence electrons. The molecule has 0 saturated carbocycles. The molecule has 0 saturated heterocycles. The van der Waals surface area contributed by atoms with E-state index in [1.165, 1.54) is 18.2 Å². The van der Waals surface area contributed by atoms with E-state index in [-0.39, 0.29) is 5.82 Å². The molecule has 0 aliphatic rings. The summed E-state index contributed by atoms with van der Waals surface area (Å²) in [7, 11) is 0. The van der Waals surface area contributed by atoms with Gasteiger partial charge in [0.2, 0.25) is 0 Å². The van der Waals surface area contributed by atoms with Crippen LogP contribution in [0.2, 0.25) is 0 Å². The number of halogens is 1. The summed E-state index contributed by atoms with van der Waals surface area (Å²) < 4.78 is 18.4. The number of benzene rings is 1. The third-order valence-corrected chi connectivity index (χ3v) is 2.37. The zero-order valence-electron chi connectivity index (χ0n) is 9.27. The van der Waals surface area contributed by atoms with Gasteiger partial charge in [-0.3, -0.25) is 4.98 Å². The van der Waals surface area contributed by atoms with Crippen LogP contribution in [-0.4, -0.2) is 11.6 Å². The van der Waals surface area contributed by atoms with Gasteiger partial charge in [-0.2, -0.15) is 0 Å². The predicted molar refractivity (Wildman–Crippen MR) is 64.2 cm³/mol. The van der Waals surface area contributed by atoms with Crippen molar-refractivity contribution in [3.8, 4) is 5.75 Å². The Morgan fingerprint density at radius 2 is 1.94 bits per heavy atom.